The van der Waals surface area contributed by atoms with E-state index in [0.717, 1.165) is 18.6 Å². The topological polar surface area (TPSA) is 35.2 Å². The van der Waals surface area contributed by atoms with Crippen molar-refractivity contribution in [3.05, 3.63) is 29.8 Å². The van der Waals surface area contributed by atoms with Gasteiger partial charge in [0.05, 0.1) is 6.61 Å². The van der Waals surface area contributed by atoms with E-state index in [0.29, 0.717) is 12.0 Å². The molecule has 2 rings (SSSR count). The fourth-order valence-electron chi connectivity index (χ4n) is 2.90. The second-order valence-corrected chi connectivity index (χ2v) is 5.96. The average molecular weight is 233 g/mol. The van der Waals surface area contributed by atoms with Crippen LogP contribution in [0.2, 0.25) is 0 Å². The van der Waals surface area contributed by atoms with Gasteiger partial charge in [0.2, 0.25) is 0 Å². The molecule has 1 unspecified atom stereocenters. The molecule has 0 heterocycles. The highest BCUT2D eigenvalue weighted by Gasteiger charge is 2.41. The Morgan fingerprint density at radius 2 is 2.06 bits per heavy atom. The van der Waals surface area contributed by atoms with Gasteiger partial charge in [-0.15, -0.1) is 0 Å². The summed E-state index contributed by atoms with van der Waals surface area (Å²) < 4.78 is 5.55. The van der Waals surface area contributed by atoms with Crippen LogP contribution in [0.15, 0.2) is 24.3 Å². The first-order valence-corrected chi connectivity index (χ1v) is 6.47. The highest BCUT2D eigenvalue weighted by molar-refractivity contribution is 5.34. The molecular weight excluding hydrogens is 210 g/mol. The first-order valence-electron chi connectivity index (χ1n) is 6.47. The van der Waals surface area contributed by atoms with Crippen LogP contribution in [0.25, 0.3) is 0 Å². The Morgan fingerprint density at radius 1 is 1.29 bits per heavy atom. The lowest BCUT2D eigenvalue weighted by Crippen LogP contribution is -2.34. The third-order valence-corrected chi connectivity index (χ3v) is 3.76. The number of nitrogens with two attached hydrogens (primary N) is 1. The van der Waals surface area contributed by atoms with Crippen LogP contribution in [0.4, 0.5) is 0 Å². The molecule has 1 aliphatic rings. The molecule has 1 aromatic carbocycles. The highest BCUT2D eigenvalue weighted by atomic mass is 16.5. The summed E-state index contributed by atoms with van der Waals surface area (Å²) in [5, 5.41) is 0. The summed E-state index contributed by atoms with van der Waals surface area (Å²) in [6.07, 6.45) is 3.31. The Kier molecular flexibility index (Phi) is 3.17. The predicted molar refractivity (Wildman–Crippen MR) is 71.1 cm³/mol. The molecule has 94 valence electrons. The number of ether oxygens (including phenoxy) is 1. The number of benzene rings is 1. The Bertz CT molecular complexity index is 400. The van der Waals surface area contributed by atoms with Crippen molar-refractivity contribution >= 4 is 0 Å². The van der Waals surface area contributed by atoms with Crippen LogP contribution in [0.3, 0.4) is 0 Å². The van der Waals surface area contributed by atoms with Crippen LogP contribution in [0.1, 0.15) is 45.6 Å². The van der Waals surface area contributed by atoms with Crippen LogP contribution >= 0.6 is 0 Å². The molecule has 17 heavy (non-hydrogen) atoms. The quantitative estimate of drug-likeness (QED) is 0.868. The third kappa shape index (κ3) is 2.63. The molecule has 0 spiro atoms. The molecule has 1 saturated carbocycles. The summed E-state index contributed by atoms with van der Waals surface area (Å²) in [6, 6.07) is 8.27. The van der Waals surface area contributed by atoms with E-state index in [1.807, 2.05) is 19.1 Å². The smallest absolute Gasteiger partial charge is 0.119 e. The van der Waals surface area contributed by atoms with E-state index in [9.17, 15) is 0 Å². The maximum atomic E-state index is 6.57. The van der Waals surface area contributed by atoms with E-state index >= 15 is 0 Å². The second kappa shape index (κ2) is 4.34. The van der Waals surface area contributed by atoms with Crippen LogP contribution < -0.4 is 10.5 Å². The van der Waals surface area contributed by atoms with E-state index < -0.39 is 0 Å². The first kappa shape index (κ1) is 12.4. The van der Waals surface area contributed by atoms with E-state index in [1.54, 1.807) is 0 Å². The zero-order chi connectivity index (χ0) is 12.5. The maximum Gasteiger partial charge on any atom is 0.119 e. The standard InChI is InChI=1S/C15H23NO/c1-4-17-13-7-5-6-12(10-13)15(16)9-8-14(2,3)11-15/h5-7,10H,4,8-9,11,16H2,1-3H3. The Balaban J connectivity index is 2.25. The van der Waals surface area contributed by atoms with Gasteiger partial charge >= 0.3 is 0 Å². The molecule has 2 nitrogen and oxygen atoms in total. The average Bonchev–Trinajstić information content (AvgIpc) is 2.55. The van der Waals surface area contributed by atoms with Crippen LogP contribution in [0, 0.1) is 5.41 Å². The third-order valence-electron chi connectivity index (χ3n) is 3.76. The zero-order valence-corrected chi connectivity index (χ0v) is 11.1. The first-order chi connectivity index (χ1) is 7.95. The van der Waals surface area contributed by atoms with Crippen molar-refractivity contribution in [2.24, 2.45) is 11.1 Å². The summed E-state index contributed by atoms with van der Waals surface area (Å²) in [5.74, 6) is 0.930. The lowest BCUT2D eigenvalue weighted by Gasteiger charge is -2.27. The number of hydrogen-bond donors (Lipinski definition) is 1. The zero-order valence-electron chi connectivity index (χ0n) is 11.1. The van der Waals surface area contributed by atoms with Gasteiger partial charge in [0, 0.05) is 5.54 Å². The van der Waals surface area contributed by atoms with Crippen LogP contribution in [0.5, 0.6) is 5.75 Å². The molecule has 1 fully saturated rings. The van der Waals surface area contributed by atoms with Gasteiger partial charge < -0.3 is 10.5 Å². The Morgan fingerprint density at radius 3 is 2.65 bits per heavy atom. The van der Waals surface area contributed by atoms with Crippen molar-refractivity contribution in [2.75, 3.05) is 6.61 Å². The number of hydrogen-bond acceptors (Lipinski definition) is 2. The van der Waals surface area contributed by atoms with Gasteiger partial charge in [-0.25, -0.2) is 0 Å². The Hall–Kier alpha value is -1.02. The minimum atomic E-state index is -0.170. The van der Waals surface area contributed by atoms with Crippen molar-refractivity contribution in [3.63, 3.8) is 0 Å². The molecule has 2 N–H and O–H groups in total. The van der Waals surface area contributed by atoms with Gasteiger partial charge in [-0.3, -0.25) is 0 Å². The van der Waals surface area contributed by atoms with Crippen LogP contribution in [-0.2, 0) is 5.54 Å². The van der Waals surface area contributed by atoms with E-state index in [4.69, 9.17) is 10.5 Å². The normalized spacial score (nSPS) is 27.1. The van der Waals surface area contributed by atoms with Crippen molar-refractivity contribution in [1.82, 2.24) is 0 Å². The van der Waals surface area contributed by atoms with Crippen molar-refractivity contribution < 1.29 is 4.74 Å². The molecule has 0 aliphatic heterocycles. The molecule has 0 radical (unpaired) electrons. The highest BCUT2D eigenvalue weighted by Crippen LogP contribution is 2.47. The molecule has 2 heteroatoms. The SMILES string of the molecule is CCOc1cccc(C2(N)CCC(C)(C)C2)c1. The minimum Gasteiger partial charge on any atom is -0.494 e. The molecule has 1 aromatic rings. The van der Waals surface area contributed by atoms with Gasteiger partial charge in [-0.05, 0) is 49.3 Å². The van der Waals surface area contributed by atoms with Gasteiger partial charge in [0.15, 0.2) is 0 Å². The fraction of sp³-hybridized carbons (Fsp3) is 0.600. The summed E-state index contributed by atoms with van der Waals surface area (Å²) in [5.41, 5.74) is 7.97. The molecule has 1 atom stereocenters. The van der Waals surface area contributed by atoms with Gasteiger partial charge in [0.1, 0.15) is 5.75 Å². The summed E-state index contributed by atoms with van der Waals surface area (Å²) >= 11 is 0. The van der Waals surface area contributed by atoms with Crippen molar-refractivity contribution in [3.8, 4) is 5.75 Å². The molecule has 1 aliphatic carbocycles. The molecule has 0 aromatic heterocycles. The largest absolute Gasteiger partial charge is 0.494 e. The maximum absolute atomic E-state index is 6.57. The van der Waals surface area contributed by atoms with Crippen molar-refractivity contribution in [1.29, 1.82) is 0 Å². The molecule has 0 bridgehead atoms. The summed E-state index contributed by atoms with van der Waals surface area (Å²) in [6.45, 7) is 7.30. The molecule has 0 saturated heterocycles. The summed E-state index contributed by atoms with van der Waals surface area (Å²) in [7, 11) is 0. The van der Waals surface area contributed by atoms with Gasteiger partial charge in [0.25, 0.3) is 0 Å². The van der Waals surface area contributed by atoms with E-state index in [1.165, 1.54) is 12.0 Å². The predicted octanol–water partition coefficient (Wildman–Crippen LogP) is 3.45. The monoisotopic (exact) mass is 233 g/mol. The van der Waals surface area contributed by atoms with Crippen LogP contribution in [-0.4, -0.2) is 6.61 Å². The fourth-order valence-corrected chi connectivity index (χ4v) is 2.90. The van der Waals surface area contributed by atoms with Crippen molar-refractivity contribution in [2.45, 2.75) is 45.6 Å². The minimum absolute atomic E-state index is 0.170. The lowest BCUT2D eigenvalue weighted by molar-refractivity contribution is 0.330. The van der Waals surface area contributed by atoms with E-state index in [-0.39, 0.29) is 5.54 Å². The van der Waals surface area contributed by atoms with Gasteiger partial charge in [-0.1, -0.05) is 26.0 Å². The van der Waals surface area contributed by atoms with Gasteiger partial charge in [-0.2, -0.15) is 0 Å². The number of rotatable bonds is 3. The second-order valence-electron chi connectivity index (χ2n) is 5.96. The van der Waals surface area contributed by atoms with E-state index in [2.05, 4.69) is 26.0 Å². The molecule has 0 amide bonds. The Labute approximate surface area is 104 Å². The lowest BCUT2D eigenvalue weighted by atomic mass is 9.84. The molecular formula is C15H23NO. The summed E-state index contributed by atoms with van der Waals surface area (Å²) in [4.78, 5) is 0.